The standard InChI is InChI=1S/C8H13IO4/c1-6(10)12-5-8(3-4-9)13-7(2)11/h8H,3-5H2,1-2H3. The Labute approximate surface area is 91.1 Å². The van der Waals surface area contributed by atoms with Crippen molar-refractivity contribution in [2.45, 2.75) is 26.4 Å². The molecule has 0 aromatic carbocycles. The van der Waals surface area contributed by atoms with Crippen molar-refractivity contribution in [2.24, 2.45) is 0 Å². The lowest BCUT2D eigenvalue weighted by Crippen LogP contribution is -2.24. The van der Waals surface area contributed by atoms with Gasteiger partial charge in [-0.05, 0) is 6.42 Å². The van der Waals surface area contributed by atoms with Gasteiger partial charge in [-0.25, -0.2) is 0 Å². The van der Waals surface area contributed by atoms with Crippen LogP contribution in [0.2, 0.25) is 0 Å². The van der Waals surface area contributed by atoms with Gasteiger partial charge in [-0.15, -0.1) is 0 Å². The average Bonchev–Trinajstić information content (AvgIpc) is 1.99. The van der Waals surface area contributed by atoms with Gasteiger partial charge in [0.05, 0.1) is 0 Å². The summed E-state index contributed by atoms with van der Waals surface area (Å²) in [4.78, 5) is 21.1. The lowest BCUT2D eigenvalue weighted by Gasteiger charge is -2.14. The van der Waals surface area contributed by atoms with Crippen LogP contribution in [0.4, 0.5) is 0 Å². The number of halogens is 1. The monoisotopic (exact) mass is 300 g/mol. The van der Waals surface area contributed by atoms with Crippen LogP contribution in [0, 0.1) is 0 Å². The fourth-order valence-corrected chi connectivity index (χ4v) is 1.44. The summed E-state index contributed by atoms with van der Waals surface area (Å²) in [6, 6.07) is 0. The van der Waals surface area contributed by atoms with Crippen LogP contribution < -0.4 is 0 Å². The molecule has 0 spiro atoms. The van der Waals surface area contributed by atoms with Gasteiger partial charge in [0.2, 0.25) is 0 Å². The van der Waals surface area contributed by atoms with E-state index in [1.165, 1.54) is 13.8 Å². The summed E-state index contributed by atoms with van der Waals surface area (Å²) in [6.07, 6.45) is 0.395. The van der Waals surface area contributed by atoms with Crippen LogP contribution in [-0.2, 0) is 19.1 Å². The number of ether oxygens (including phenoxy) is 2. The second-order valence-electron chi connectivity index (χ2n) is 2.51. The zero-order chi connectivity index (χ0) is 10.3. The molecule has 0 aliphatic carbocycles. The molecular weight excluding hydrogens is 287 g/mol. The summed E-state index contributed by atoms with van der Waals surface area (Å²) in [5, 5.41) is 0. The van der Waals surface area contributed by atoms with Crippen molar-refractivity contribution >= 4 is 34.5 Å². The van der Waals surface area contributed by atoms with Gasteiger partial charge >= 0.3 is 11.9 Å². The first-order chi connectivity index (χ1) is 6.06. The molecule has 0 fully saturated rings. The zero-order valence-corrected chi connectivity index (χ0v) is 9.87. The van der Waals surface area contributed by atoms with Crippen LogP contribution in [-0.4, -0.2) is 29.1 Å². The molecule has 4 nitrogen and oxygen atoms in total. The third-order valence-corrected chi connectivity index (χ3v) is 1.86. The number of esters is 2. The Morgan fingerprint density at radius 2 is 1.92 bits per heavy atom. The predicted octanol–water partition coefficient (Wildman–Crippen LogP) is 1.31. The van der Waals surface area contributed by atoms with Gasteiger partial charge in [-0.1, -0.05) is 22.6 Å². The van der Waals surface area contributed by atoms with Crippen molar-refractivity contribution in [3.05, 3.63) is 0 Å². The van der Waals surface area contributed by atoms with Crippen LogP contribution in [0.3, 0.4) is 0 Å². The minimum absolute atomic E-state index is 0.151. The highest BCUT2D eigenvalue weighted by Crippen LogP contribution is 2.03. The van der Waals surface area contributed by atoms with Gasteiger partial charge in [-0.2, -0.15) is 0 Å². The number of carbonyl (C=O) groups excluding carboxylic acids is 2. The third-order valence-electron chi connectivity index (χ3n) is 1.24. The van der Waals surface area contributed by atoms with Gasteiger partial charge in [0.1, 0.15) is 12.7 Å². The van der Waals surface area contributed by atoms with E-state index < -0.39 is 0 Å². The molecule has 0 aliphatic heterocycles. The molecule has 0 heterocycles. The van der Waals surface area contributed by atoms with Crippen molar-refractivity contribution in [3.8, 4) is 0 Å². The van der Waals surface area contributed by atoms with Crippen molar-refractivity contribution in [1.29, 1.82) is 0 Å². The van der Waals surface area contributed by atoms with E-state index in [4.69, 9.17) is 9.47 Å². The molecule has 1 atom stereocenters. The van der Waals surface area contributed by atoms with Gasteiger partial charge in [-0.3, -0.25) is 9.59 Å². The highest BCUT2D eigenvalue weighted by Gasteiger charge is 2.12. The summed E-state index contributed by atoms with van der Waals surface area (Å²) < 4.78 is 10.5. The second-order valence-corrected chi connectivity index (χ2v) is 3.59. The summed E-state index contributed by atoms with van der Waals surface area (Å²) in [5.74, 6) is -0.701. The summed E-state index contributed by atoms with van der Waals surface area (Å²) in [5.41, 5.74) is 0. The summed E-state index contributed by atoms with van der Waals surface area (Å²) in [7, 11) is 0. The Hall–Kier alpha value is -0.330. The molecule has 0 rings (SSSR count). The quantitative estimate of drug-likeness (QED) is 0.436. The molecule has 0 saturated heterocycles. The van der Waals surface area contributed by atoms with E-state index in [-0.39, 0.29) is 24.6 Å². The van der Waals surface area contributed by atoms with E-state index in [1.54, 1.807) is 0 Å². The van der Waals surface area contributed by atoms with Crippen molar-refractivity contribution in [1.82, 2.24) is 0 Å². The first kappa shape index (κ1) is 12.7. The van der Waals surface area contributed by atoms with Crippen molar-refractivity contribution in [3.63, 3.8) is 0 Å². The minimum atomic E-state index is -0.356. The first-order valence-electron chi connectivity index (χ1n) is 3.92. The Balaban J connectivity index is 3.79. The van der Waals surface area contributed by atoms with Gasteiger partial charge < -0.3 is 9.47 Å². The molecule has 13 heavy (non-hydrogen) atoms. The van der Waals surface area contributed by atoms with E-state index in [0.717, 1.165) is 4.43 Å². The normalized spacial score (nSPS) is 11.9. The Kier molecular flexibility index (Phi) is 6.93. The topological polar surface area (TPSA) is 52.6 Å². The molecule has 0 bridgehead atoms. The third kappa shape index (κ3) is 8.01. The Bertz CT molecular complexity index is 181. The number of hydrogen-bond acceptors (Lipinski definition) is 4. The fraction of sp³-hybridized carbons (Fsp3) is 0.750. The average molecular weight is 300 g/mol. The first-order valence-corrected chi connectivity index (χ1v) is 5.45. The van der Waals surface area contributed by atoms with Gasteiger partial charge in [0.15, 0.2) is 0 Å². The van der Waals surface area contributed by atoms with Crippen LogP contribution in [0.25, 0.3) is 0 Å². The van der Waals surface area contributed by atoms with E-state index >= 15 is 0 Å². The van der Waals surface area contributed by atoms with E-state index in [0.29, 0.717) is 6.42 Å². The predicted molar refractivity (Wildman–Crippen MR) is 55.7 cm³/mol. The highest BCUT2D eigenvalue weighted by atomic mass is 127. The van der Waals surface area contributed by atoms with Gasteiger partial charge in [0, 0.05) is 18.3 Å². The van der Waals surface area contributed by atoms with Crippen LogP contribution >= 0.6 is 22.6 Å². The molecule has 0 aromatic rings. The number of rotatable bonds is 5. The van der Waals surface area contributed by atoms with Gasteiger partial charge in [0.25, 0.3) is 0 Å². The SMILES string of the molecule is CC(=O)OCC(CCI)OC(C)=O. The van der Waals surface area contributed by atoms with E-state index in [9.17, 15) is 9.59 Å². The molecule has 1 unspecified atom stereocenters. The maximum absolute atomic E-state index is 10.6. The molecule has 0 radical (unpaired) electrons. The lowest BCUT2D eigenvalue weighted by atomic mass is 10.3. The second kappa shape index (κ2) is 7.11. The molecule has 0 aromatic heterocycles. The Morgan fingerprint density at radius 1 is 1.31 bits per heavy atom. The lowest BCUT2D eigenvalue weighted by molar-refractivity contribution is -0.156. The molecule has 0 saturated carbocycles. The highest BCUT2D eigenvalue weighted by molar-refractivity contribution is 14.1. The zero-order valence-electron chi connectivity index (χ0n) is 7.71. The Morgan fingerprint density at radius 3 is 2.31 bits per heavy atom. The molecule has 76 valence electrons. The molecule has 5 heteroatoms. The molecule has 0 N–H and O–H groups in total. The number of carbonyl (C=O) groups is 2. The smallest absolute Gasteiger partial charge is 0.303 e. The molecule has 0 amide bonds. The maximum atomic E-state index is 10.6. The number of hydrogen-bond donors (Lipinski definition) is 0. The fourth-order valence-electron chi connectivity index (χ4n) is 0.743. The molecule has 0 aliphatic rings. The largest absolute Gasteiger partial charge is 0.462 e. The minimum Gasteiger partial charge on any atom is -0.462 e. The summed E-state index contributed by atoms with van der Waals surface area (Å²) in [6.45, 7) is 2.82. The van der Waals surface area contributed by atoms with Crippen LogP contribution in [0.1, 0.15) is 20.3 Å². The van der Waals surface area contributed by atoms with Crippen molar-refractivity contribution < 1.29 is 19.1 Å². The van der Waals surface area contributed by atoms with Crippen LogP contribution in [0.5, 0.6) is 0 Å². The maximum Gasteiger partial charge on any atom is 0.303 e. The van der Waals surface area contributed by atoms with E-state index in [2.05, 4.69) is 22.6 Å². The molecular formula is C8H13IO4. The number of alkyl halides is 1. The van der Waals surface area contributed by atoms with Crippen molar-refractivity contribution in [2.75, 3.05) is 11.0 Å². The van der Waals surface area contributed by atoms with E-state index in [1.807, 2.05) is 0 Å². The van der Waals surface area contributed by atoms with Crippen LogP contribution in [0.15, 0.2) is 0 Å². The summed E-state index contributed by atoms with van der Waals surface area (Å²) >= 11 is 2.17.